The average molecular weight is 458 g/mol. The maximum Gasteiger partial charge on any atom is 0.433 e. The number of halogens is 4. The molecule has 0 aliphatic heterocycles. The fraction of sp³-hybridized carbons (Fsp3) is 0.182. The Morgan fingerprint density at radius 2 is 1.84 bits per heavy atom. The summed E-state index contributed by atoms with van der Waals surface area (Å²) in [6, 6.07) is 9.30. The molecular formula is C22H15ClF3N5O. The molecule has 3 aromatic rings. The number of nitrogens with one attached hydrogen (secondary N) is 1. The molecule has 1 saturated carbocycles. The number of hydrogen-bond donors (Lipinski definition) is 2. The van der Waals surface area contributed by atoms with Gasteiger partial charge in [0.2, 0.25) is 11.9 Å². The van der Waals surface area contributed by atoms with Gasteiger partial charge in [0, 0.05) is 5.56 Å². The van der Waals surface area contributed by atoms with Gasteiger partial charge in [0.1, 0.15) is 11.4 Å². The molecule has 4 rings (SSSR count). The summed E-state index contributed by atoms with van der Waals surface area (Å²) in [4.78, 5) is 23.5. The van der Waals surface area contributed by atoms with Crippen molar-refractivity contribution in [2.75, 3.05) is 5.32 Å². The summed E-state index contributed by atoms with van der Waals surface area (Å²) < 4.78 is 38.0. The van der Waals surface area contributed by atoms with E-state index in [9.17, 15) is 18.0 Å². The van der Waals surface area contributed by atoms with Crippen molar-refractivity contribution in [3.63, 3.8) is 0 Å². The Balaban J connectivity index is 1.60. The van der Waals surface area contributed by atoms with Crippen LogP contribution in [-0.2, 0) is 16.4 Å². The van der Waals surface area contributed by atoms with Crippen LogP contribution >= 0.6 is 11.6 Å². The molecule has 0 bridgehead atoms. The Kier molecular flexibility index (Phi) is 5.48. The number of nitrogens with two attached hydrogens (primary N) is 1. The Hall–Kier alpha value is -3.64. The van der Waals surface area contributed by atoms with E-state index in [1.807, 2.05) is 12.1 Å². The van der Waals surface area contributed by atoms with Gasteiger partial charge in [-0.15, -0.1) is 0 Å². The summed E-state index contributed by atoms with van der Waals surface area (Å²) in [6.45, 7) is 0. The molecule has 1 amide bonds. The van der Waals surface area contributed by atoms with Crippen LogP contribution in [0.1, 0.15) is 35.4 Å². The van der Waals surface area contributed by atoms with E-state index in [1.165, 1.54) is 12.3 Å². The molecule has 1 aliphatic carbocycles. The summed E-state index contributed by atoms with van der Waals surface area (Å²) in [6.07, 6.45) is -0.825. The van der Waals surface area contributed by atoms with Crippen LogP contribution in [0.15, 0.2) is 48.8 Å². The van der Waals surface area contributed by atoms with Crippen LogP contribution in [0.25, 0.3) is 0 Å². The number of nitrogens with zero attached hydrogens (tertiary/aromatic N) is 3. The fourth-order valence-electron chi connectivity index (χ4n) is 3.19. The molecule has 0 spiro atoms. The van der Waals surface area contributed by atoms with E-state index in [-0.39, 0.29) is 28.3 Å². The van der Waals surface area contributed by atoms with Crippen molar-refractivity contribution in [3.05, 3.63) is 76.3 Å². The minimum Gasteiger partial charge on any atom is -0.369 e. The summed E-state index contributed by atoms with van der Waals surface area (Å²) >= 11 is 6.16. The summed E-state index contributed by atoms with van der Waals surface area (Å²) in [7, 11) is 0. The van der Waals surface area contributed by atoms with Gasteiger partial charge in [0.25, 0.3) is 0 Å². The van der Waals surface area contributed by atoms with Crippen LogP contribution < -0.4 is 11.1 Å². The highest BCUT2D eigenvalue weighted by Gasteiger charge is 2.50. The first kappa shape index (κ1) is 21.6. The fourth-order valence-corrected chi connectivity index (χ4v) is 3.33. The minimum absolute atomic E-state index is 0.0874. The largest absolute Gasteiger partial charge is 0.433 e. The van der Waals surface area contributed by atoms with Crippen molar-refractivity contribution < 1.29 is 18.0 Å². The highest BCUT2D eigenvalue weighted by Crippen LogP contribution is 2.49. The Labute approximate surface area is 186 Å². The van der Waals surface area contributed by atoms with Gasteiger partial charge in [0.15, 0.2) is 0 Å². The molecule has 0 unspecified atom stereocenters. The lowest BCUT2D eigenvalue weighted by Crippen LogP contribution is -2.29. The summed E-state index contributed by atoms with van der Waals surface area (Å²) in [5.74, 6) is 5.56. The van der Waals surface area contributed by atoms with Crippen LogP contribution in [0.5, 0.6) is 0 Å². The van der Waals surface area contributed by atoms with Crippen molar-refractivity contribution in [1.29, 1.82) is 0 Å². The van der Waals surface area contributed by atoms with Crippen LogP contribution in [0.4, 0.5) is 24.8 Å². The van der Waals surface area contributed by atoms with Crippen LogP contribution in [-0.4, -0.2) is 20.9 Å². The SMILES string of the molecule is NC(=O)C1(c2ccccc2C#Cc2nc(Nc3ccc(C(F)(F)F)nc3)ncc2Cl)CC1. The minimum atomic E-state index is -4.53. The number of hydrogen-bond acceptors (Lipinski definition) is 5. The molecule has 0 radical (unpaired) electrons. The normalized spacial score (nSPS) is 14.2. The zero-order chi connectivity index (χ0) is 22.9. The van der Waals surface area contributed by atoms with Gasteiger partial charge in [-0.05, 0) is 42.5 Å². The Bertz CT molecular complexity index is 1240. The number of primary amides is 1. The zero-order valence-electron chi connectivity index (χ0n) is 16.4. The van der Waals surface area contributed by atoms with Crippen molar-refractivity contribution in [3.8, 4) is 11.8 Å². The van der Waals surface area contributed by atoms with Crippen molar-refractivity contribution >= 4 is 29.1 Å². The molecule has 162 valence electrons. The first-order valence-electron chi connectivity index (χ1n) is 9.43. The Morgan fingerprint density at radius 3 is 2.47 bits per heavy atom. The molecule has 1 aliphatic rings. The number of benzene rings is 1. The molecule has 2 aromatic heterocycles. The maximum atomic E-state index is 12.7. The number of alkyl halides is 3. The van der Waals surface area contributed by atoms with E-state index < -0.39 is 17.3 Å². The van der Waals surface area contributed by atoms with E-state index in [2.05, 4.69) is 32.1 Å². The molecule has 1 aromatic carbocycles. The average Bonchev–Trinajstić information content (AvgIpc) is 3.56. The lowest BCUT2D eigenvalue weighted by molar-refractivity contribution is -0.141. The highest BCUT2D eigenvalue weighted by molar-refractivity contribution is 6.31. The predicted octanol–water partition coefficient (Wildman–Crippen LogP) is 4.20. The first-order chi connectivity index (χ1) is 15.2. The van der Waals surface area contributed by atoms with Crippen LogP contribution in [0.2, 0.25) is 5.02 Å². The molecule has 0 atom stereocenters. The number of anilines is 2. The van der Waals surface area contributed by atoms with Crippen LogP contribution in [0.3, 0.4) is 0 Å². The number of carbonyl (C=O) groups excluding carboxylic acids is 1. The molecule has 6 nitrogen and oxygen atoms in total. The number of carbonyl (C=O) groups is 1. The lowest BCUT2D eigenvalue weighted by atomic mass is 9.91. The molecule has 3 N–H and O–H groups in total. The number of aromatic nitrogens is 3. The second-order valence-corrected chi connectivity index (χ2v) is 7.59. The standard InChI is InChI=1S/C22H15ClF3N5O/c23-16-12-29-20(30-14-6-8-18(28-11-14)22(24,25)26)31-17(16)7-5-13-3-1-2-4-15(13)21(9-10-21)19(27)32/h1-4,6,8,11-12H,9-10H2,(H2,27,32)(H,29,30,31). The van der Waals surface area contributed by atoms with E-state index >= 15 is 0 Å². The van der Waals surface area contributed by atoms with Crippen molar-refractivity contribution in [1.82, 2.24) is 15.0 Å². The monoisotopic (exact) mass is 457 g/mol. The second-order valence-electron chi connectivity index (χ2n) is 7.19. The second kappa shape index (κ2) is 8.13. The van der Waals surface area contributed by atoms with Gasteiger partial charge in [-0.25, -0.2) is 15.0 Å². The third-order valence-electron chi connectivity index (χ3n) is 5.03. The van der Waals surface area contributed by atoms with Gasteiger partial charge in [-0.1, -0.05) is 35.7 Å². The maximum absolute atomic E-state index is 12.7. The van der Waals surface area contributed by atoms with Gasteiger partial charge >= 0.3 is 6.18 Å². The van der Waals surface area contributed by atoms with Gasteiger partial charge < -0.3 is 11.1 Å². The quantitative estimate of drug-likeness (QED) is 0.572. The molecule has 32 heavy (non-hydrogen) atoms. The van der Waals surface area contributed by atoms with E-state index in [0.29, 0.717) is 18.4 Å². The number of amides is 1. The Morgan fingerprint density at radius 1 is 1.09 bits per heavy atom. The highest BCUT2D eigenvalue weighted by atomic mass is 35.5. The predicted molar refractivity (Wildman–Crippen MR) is 112 cm³/mol. The summed E-state index contributed by atoms with van der Waals surface area (Å²) in [5, 5.41) is 2.97. The molecule has 10 heteroatoms. The van der Waals surface area contributed by atoms with E-state index in [1.54, 1.807) is 12.1 Å². The van der Waals surface area contributed by atoms with Gasteiger partial charge in [-0.2, -0.15) is 13.2 Å². The summed E-state index contributed by atoms with van der Waals surface area (Å²) in [5.41, 5.74) is 5.77. The van der Waals surface area contributed by atoms with Gasteiger partial charge in [-0.3, -0.25) is 4.79 Å². The molecule has 1 fully saturated rings. The first-order valence-corrected chi connectivity index (χ1v) is 9.81. The smallest absolute Gasteiger partial charge is 0.369 e. The van der Waals surface area contributed by atoms with E-state index in [4.69, 9.17) is 17.3 Å². The third kappa shape index (κ3) is 4.36. The molecule has 0 saturated heterocycles. The third-order valence-corrected chi connectivity index (χ3v) is 5.31. The van der Waals surface area contributed by atoms with Crippen molar-refractivity contribution in [2.24, 2.45) is 5.73 Å². The van der Waals surface area contributed by atoms with Gasteiger partial charge in [0.05, 0.1) is 28.5 Å². The molecular weight excluding hydrogens is 443 g/mol. The van der Waals surface area contributed by atoms with E-state index in [0.717, 1.165) is 17.8 Å². The van der Waals surface area contributed by atoms with Crippen LogP contribution in [0, 0.1) is 11.8 Å². The molecule has 2 heterocycles. The zero-order valence-corrected chi connectivity index (χ0v) is 17.1. The number of pyridine rings is 1. The van der Waals surface area contributed by atoms with Crippen molar-refractivity contribution in [2.45, 2.75) is 24.4 Å². The topological polar surface area (TPSA) is 93.8 Å². The lowest BCUT2D eigenvalue weighted by Gasteiger charge is -2.13. The number of rotatable bonds is 4.